The van der Waals surface area contributed by atoms with Crippen LogP contribution in [0.4, 0.5) is 11.5 Å². The molecule has 0 aliphatic heterocycles. The molecule has 0 saturated heterocycles. The lowest BCUT2D eigenvalue weighted by atomic mass is 10.2. The Morgan fingerprint density at radius 2 is 1.92 bits per heavy atom. The zero-order valence-corrected chi connectivity index (χ0v) is 15.1. The van der Waals surface area contributed by atoms with Gasteiger partial charge in [0.25, 0.3) is 11.8 Å². The van der Waals surface area contributed by atoms with Crippen LogP contribution in [-0.4, -0.2) is 32.0 Å². The number of aromatic amines is 2. The van der Waals surface area contributed by atoms with E-state index < -0.39 is 11.8 Å². The number of carbonyl (C=O) groups is 2. The molecule has 8 nitrogen and oxygen atoms in total. The highest BCUT2D eigenvalue weighted by atomic mass is 79.9. The average Bonchev–Trinajstić information content (AvgIpc) is 3.20. The van der Waals surface area contributed by atoms with Gasteiger partial charge in [-0.05, 0) is 31.5 Å². The van der Waals surface area contributed by atoms with Crippen LogP contribution in [0.3, 0.4) is 0 Å². The standard InChI is InChI=1S/C16H15BrN6O2/c1-8-3-4-10(17)6-11(8)20-15(24)13-14(19-7-18-13)16(25)21-12-5-9(2)22-23-12/h3-7H,1-2H3,(H,18,19)(H,20,24)(H2,21,22,23,25). The number of aromatic nitrogens is 4. The maximum absolute atomic E-state index is 12.5. The van der Waals surface area contributed by atoms with Crippen molar-refractivity contribution in [3.8, 4) is 0 Å². The largest absolute Gasteiger partial charge is 0.340 e. The molecule has 0 aliphatic carbocycles. The number of aryl methyl sites for hydroxylation is 2. The molecule has 25 heavy (non-hydrogen) atoms. The van der Waals surface area contributed by atoms with Gasteiger partial charge in [-0.1, -0.05) is 22.0 Å². The number of rotatable bonds is 4. The summed E-state index contributed by atoms with van der Waals surface area (Å²) in [5.74, 6) is -0.531. The summed E-state index contributed by atoms with van der Waals surface area (Å²) >= 11 is 3.37. The number of H-pyrrole nitrogens is 2. The number of amides is 2. The van der Waals surface area contributed by atoms with Crippen LogP contribution in [-0.2, 0) is 0 Å². The Balaban J connectivity index is 1.79. The fourth-order valence-corrected chi connectivity index (χ4v) is 2.58. The lowest BCUT2D eigenvalue weighted by Gasteiger charge is -2.08. The molecule has 3 rings (SSSR count). The van der Waals surface area contributed by atoms with Crippen LogP contribution >= 0.6 is 15.9 Å². The molecule has 9 heteroatoms. The number of nitrogens with zero attached hydrogens (tertiary/aromatic N) is 2. The van der Waals surface area contributed by atoms with Gasteiger partial charge in [0.05, 0.1) is 12.0 Å². The van der Waals surface area contributed by atoms with Crippen LogP contribution in [0.5, 0.6) is 0 Å². The predicted molar refractivity (Wildman–Crippen MR) is 96.7 cm³/mol. The molecule has 0 saturated carbocycles. The molecule has 2 amide bonds. The van der Waals surface area contributed by atoms with Gasteiger partial charge in [-0.3, -0.25) is 14.7 Å². The third-order valence-corrected chi connectivity index (χ3v) is 3.98. The van der Waals surface area contributed by atoms with Crippen molar-refractivity contribution in [1.82, 2.24) is 20.2 Å². The summed E-state index contributed by atoms with van der Waals surface area (Å²) in [7, 11) is 0. The van der Waals surface area contributed by atoms with Gasteiger partial charge in [0.2, 0.25) is 0 Å². The van der Waals surface area contributed by atoms with E-state index in [0.717, 1.165) is 15.7 Å². The summed E-state index contributed by atoms with van der Waals surface area (Å²) < 4.78 is 0.836. The van der Waals surface area contributed by atoms with Crippen molar-refractivity contribution < 1.29 is 9.59 Å². The van der Waals surface area contributed by atoms with Crippen molar-refractivity contribution in [2.75, 3.05) is 10.6 Å². The van der Waals surface area contributed by atoms with Gasteiger partial charge in [-0.25, -0.2) is 4.98 Å². The van der Waals surface area contributed by atoms with Crippen molar-refractivity contribution >= 4 is 39.2 Å². The van der Waals surface area contributed by atoms with Gasteiger partial charge in [0, 0.05) is 16.2 Å². The molecule has 0 spiro atoms. The Morgan fingerprint density at radius 1 is 1.12 bits per heavy atom. The Labute approximate surface area is 151 Å². The quantitative estimate of drug-likeness (QED) is 0.536. The molecule has 0 aliphatic rings. The van der Waals surface area contributed by atoms with Crippen molar-refractivity contribution in [2.24, 2.45) is 0 Å². The first-order valence-corrected chi connectivity index (χ1v) is 8.17. The fraction of sp³-hybridized carbons (Fsp3) is 0.125. The molecule has 128 valence electrons. The number of hydrogen-bond donors (Lipinski definition) is 4. The molecule has 3 aromatic rings. The van der Waals surface area contributed by atoms with Gasteiger partial charge in [-0.15, -0.1) is 0 Å². The molecule has 4 N–H and O–H groups in total. The van der Waals surface area contributed by atoms with E-state index in [2.05, 4.69) is 46.7 Å². The number of halogens is 1. The summed E-state index contributed by atoms with van der Waals surface area (Å²) in [6.07, 6.45) is 1.30. The zero-order chi connectivity index (χ0) is 18.0. The second-order valence-electron chi connectivity index (χ2n) is 5.42. The zero-order valence-electron chi connectivity index (χ0n) is 13.5. The van der Waals surface area contributed by atoms with Crippen molar-refractivity contribution in [1.29, 1.82) is 0 Å². The second-order valence-corrected chi connectivity index (χ2v) is 6.33. The Hall–Kier alpha value is -2.94. The summed E-state index contributed by atoms with van der Waals surface area (Å²) in [5.41, 5.74) is 2.34. The minimum absolute atomic E-state index is 0.00751. The molecule has 1 aromatic carbocycles. The highest BCUT2D eigenvalue weighted by Crippen LogP contribution is 2.21. The van der Waals surface area contributed by atoms with E-state index in [1.54, 1.807) is 19.1 Å². The van der Waals surface area contributed by atoms with Gasteiger partial charge in [0.1, 0.15) is 11.5 Å². The Bertz CT molecular complexity index is 946. The van der Waals surface area contributed by atoms with Gasteiger partial charge >= 0.3 is 0 Å². The number of hydrogen-bond acceptors (Lipinski definition) is 4. The number of anilines is 2. The van der Waals surface area contributed by atoms with Gasteiger partial charge in [0.15, 0.2) is 5.69 Å². The molecule has 0 bridgehead atoms. The third kappa shape index (κ3) is 3.77. The monoisotopic (exact) mass is 402 g/mol. The lowest BCUT2D eigenvalue weighted by Crippen LogP contribution is -2.20. The molecule has 0 radical (unpaired) electrons. The van der Waals surface area contributed by atoms with E-state index in [0.29, 0.717) is 11.5 Å². The van der Waals surface area contributed by atoms with Crippen LogP contribution < -0.4 is 10.6 Å². The summed E-state index contributed by atoms with van der Waals surface area (Å²) in [6.45, 7) is 3.67. The van der Waals surface area contributed by atoms with Crippen molar-refractivity contribution in [3.05, 3.63) is 57.7 Å². The van der Waals surface area contributed by atoms with Crippen molar-refractivity contribution in [3.63, 3.8) is 0 Å². The highest BCUT2D eigenvalue weighted by Gasteiger charge is 2.21. The predicted octanol–water partition coefficient (Wildman–Crippen LogP) is 3.02. The normalized spacial score (nSPS) is 10.5. The SMILES string of the molecule is Cc1cc(NC(=O)c2[nH]cnc2C(=O)Nc2cc(Br)ccc2C)[nH]n1. The van der Waals surface area contributed by atoms with Crippen molar-refractivity contribution in [2.45, 2.75) is 13.8 Å². The first kappa shape index (κ1) is 16.9. The molecule has 0 unspecified atom stereocenters. The number of benzene rings is 1. The number of carbonyl (C=O) groups excluding carboxylic acids is 2. The molecule has 0 fully saturated rings. The van der Waals surface area contributed by atoms with Crippen LogP contribution in [0.15, 0.2) is 35.1 Å². The van der Waals surface area contributed by atoms with Crippen LogP contribution in [0, 0.1) is 13.8 Å². The molecular formula is C16H15BrN6O2. The van der Waals surface area contributed by atoms with Crippen LogP contribution in [0.2, 0.25) is 0 Å². The third-order valence-electron chi connectivity index (χ3n) is 3.48. The first-order valence-electron chi connectivity index (χ1n) is 7.38. The summed E-state index contributed by atoms with van der Waals surface area (Å²) in [6, 6.07) is 7.22. The summed E-state index contributed by atoms with van der Waals surface area (Å²) in [4.78, 5) is 31.5. The van der Waals surface area contributed by atoms with E-state index >= 15 is 0 Å². The number of nitrogens with one attached hydrogen (secondary N) is 4. The molecule has 2 aromatic heterocycles. The maximum Gasteiger partial charge on any atom is 0.276 e. The average molecular weight is 403 g/mol. The summed E-state index contributed by atoms with van der Waals surface area (Å²) in [5, 5.41) is 12.0. The lowest BCUT2D eigenvalue weighted by molar-refractivity contribution is 0.0985. The van der Waals surface area contributed by atoms with Crippen LogP contribution in [0.1, 0.15) is 32.2 Å². The maximum atomic E-state index is 12.5. The van der Waals surface area contributed by atoms with E-state index in [-0.39, 0.29) is 11.4 Å². The van der Waals surface area contributed by atoms with Crippen LogP contribution in [0.25, 0.3) is 0 Å². The van der Waals surface area contributed by atoms with Gasteiger partial charge < -0.3 is 15.6 Å². The molecule has 2 heterocycles. The fourth-order valence-electron chi connectivity index (χ4n) is 2.22. The highest BCUT2D eigenvalue weighted by molar-refractivity contribution is 9.10. The van der Waals surface area contributed by atoms with Gasteiger partial charge in [-0.2, -0.15) is 5.10 Å². The van der Waals surface area contributed by atoms with E-state index in [1.165, 1.54) is 6.33 Å². The number of imidazole rings is 1. The smallest absolute Gasteiger partial charge is 0.276 e. The minimum atomic E-state index is -0.489. The van der Waals surface area contributed by atoms with E-state index in [1.807, 2.05) is 19.1 Å². The topological polar surface area (TPSA) is 116 Å². The second kappa shape index (κ2) is 6.89. The minimum Gasteiger partial charge on any atom is -0.340 e. The Morgan fingerprint density at radius 3 is 2.64 bits per heavy atom. The Kier molecular flexibility index (Phi) is 4.66. The first-order chi connectivity index (χ1) is 11.9. The molecular weight excluding hydrogens is 388 g/mol. The molecule has 0 atom stereocenters. The van der Waals surface area contributed by atoms with E-state index in [4.69, 9.17) is 0 Å². The van der Waals surface area contributed by atoms with E-state index in [9.17, 15) is 9.59 Å².